The number of anilines is 1. The lowest BCUT2D eigenvalue weighted by molar-refractivity contribution is -0.127. The molecule has 7 nitrogen and oxygen atoms in total. The van der Waals surface area contributed by atoms with Gasteiger partial charge in [-0.1, -0.05) is 0 Å². The number of ether oxygens (including phenoxy) is 2. The van der Waals surface area contributed by atoms with E-state index in [1.54, 1.807) is 37.3 Å². The maximum Gasteiger partial charge on any atom is 0.227 e. The quantitative estimate of drug-likeness (QED) is 0.790. The molecule has 1 aromatic rings. The van der Waals surface area contributed by atoms with Crippen molar-refractivity contribution in [2.24, 2.45) is 11.7 Å². The van der Waals surface area contributed by atoms with E-state index in [9.17, 15) is 9.59 Å². The molecule has 1 aromatic carbocycles. The molecular formula is C19H28ClN3O4. The van der Waals surface area contributed by atoms with Gasteiger partial charge in [-0.2, -0.15) is 0 Å². The number of benzene rings is 1. The largest absolute Gasteiger partial charge is 0.497 e. The van der Waals surface area contributed by atoms with Crippen LogP contribution in [0, 0.1) is 5.92 Å². The van der Waals surface area contributed by atoms with Crippen LogP contribution in [0.1, 0.15) is 32.1 Å². The van der Waals surface area contributed by atoms with Crippen LogP contribution in [0.15, 0.2) is 18.2 Å². The van der Waals surface area contributed by atoms with E-state index in [-0.39, 0.29) is 48.6 Å². The van der Waals surface area contributed by atoms with Gasteiger partial charge in [-0.3, -0.25) is 9.59 Å². The van der Waals surface area contributed by atoms with Gasteiger partial charge >= 0.3 is 0 Å². The van der Waals surface area contributed by atoms with Crippen molar-refractivity contribution in [3.63, 3.8) is 0 Å². The van der Waals surface area contributed by atoms with Crippen LogP contribution in [-0.4, -0.2) is 44.7 Å². The second-order valence-corrected chi connectivity index (χ2v) is 7.06. The third-order valence-corrected chi connectivity index (χ3v) is 5.29. The van der Waals surface area contributed by atoms with Crippen LogP contribution in [0.2, 0.25) is 0 Å². The van der Waals surface area contributed by atoms with E-state index in [2.05, 4.69) is 5.32 Å². The molecule has 1 saturated heterocycles. The van der Waals surface area contributed by atoms with Gasteiger partial charge in [0.05, 0.1) is 25.8 Å². The van der Waals surface area contributed by atoms with Crippen LogP contribution < -0.4 is 25.4 Å². The lowest BCUT2D eigenvalue weighted by Gasteiger charge is -2.27. The number of methoxy groups -OCH3 is 2. The number of nitrogens with one attached hydrogen (secondary N) is 1. The fourth-order valence-corrected chi connectivity index (χ4v) is 3.71. The van der Waals surface area contributed by atoms with Gasteiger partial charge in [-0.25, -0.2) is 0 Å². The monoisotopic (exact) mass is 397 g/mol. The summed E-state index contributed by atoms with van der Waals surface area (Å²) in [5.41, 5.74) is 6.58. The molecule has 1 saturated carbocycles. The molecule has 27 heavy (non-hydrogen) atoms. The third-order valence-electron chi connectivity index (χ3n) is 5.29. The molecule has 0 bridgehead atoms. The molecule has 1 unspecified atom stereocenters. The van der Waals surface area contributed by atoms with Crippen LogP contribution in [0.25, 0.3) is 0 Å². The van der Waals surface area contributed by atoms with Gasteiger partial charge in [0.15, 0.2) is 0 Å². The molecular weight excluding hydrogens is 370 g/mol. The molecule has 0 spiro atoms. The van der Waals surface area contributed by atoms with Crippen molar-refractivity contribution in [1.82, 2.24) is 5.32 Å². The van der Waals surface area contributed by atoms with Gasteiger partial charge in [-0.05, 0) is 37.8 Å². The van der Waals surface area contributed by atoms with Gasteiger partial charge < -0.3 is 25.4 Å². The summed E-state index contributed by atoms with van der Waals surface area (Å²) >= 11 is 0. The maximum absolute atomic E-state index is 12.6. The van der Waals surface area contributed by atoms with E-state index >= 15 is 0 Å². The van der Waals surface area contributed by atoms with E-state index in [0.717, 1.165) is 25.7 Å². The highest BCUT2D eigenvalue weighted by Crippen LogP contribution is 2.35. The zero-order valence-corrected chi connectivity index (χ0v) is 16.6. The summed E-state index contributed by atoms with van der Waals surface area (Å²) < 4.78 is 10.6. The number of nitrogens with zero attached hydrogens (tertiary/aromatic N) is 1. The summed E-state index contributed by atoms with van der Waals surface area (Å²) in [4.78, 5) is 26.7. The summed E-state index contributed by atoms with van der Waals surface area (Å²) in [5, 5.41) is 3.10. The van der Waals surface area contributed by atoms with Crippen LogP contribution >= 0.6 is 12.4 Å². The predicted molar refractivity (Wildman–Crippen MR) is 106 cm³/mol. The molecule has 150 valence electrons. The van der Waals surface area contributed by atoms with Crippen LogP contribution in [0.5, 0.6) is 11.5 Å². The Morgan fingerprint density at radius 2 is 1.89 bits per heavy atom. The molecule has 3 rings (SSSR count). The smallest absolute Gasteiger partial charge is 0.227 e. The van der Waals surface area contributed by atoms with Gasteiger partial charge in [0.25, 0.3) is 0 Å². The Morgan fingerprint density at radius 3 is 2.52 bits per heavy atom. The first kappa shape index (κ1) is 21.3. The molecule has 0 radical (unpaired) electrons. The Hall–Kier alpha value is -1.99. The van der Waals surface area contributed by atoms with Crippen molar-refractivity contribution >= 4 is 29.9 Å². The Morgan fingerprint density at radius 1 is 1.19 bits per heavy atom. The number of hydrogen-bond donors (Lipinski definition) is 2. The zero-order chi connectivity index (χ0) is 18.7. The fraction of sp³-hybridized carbons (Fsp3) is 0.579. The summed E-state index contributed by atoms with van der Waals surface area (Å²) in [6.45, 7) is 0.361. The summed E-state index contributed by atoms with van der Waals surface area (Å²) in [6, 6.07) is 5.72. The second kappa shape index (κ2) is 9.28. The minimum absolute atomic E-state index is 0. The Kier molecular flexibility index (Phi) is 7.33. The van der Waals surface area contributed by atoms with Crippen molar-refractivity contribution < 1.29 is 19.1 Å². The van der Waals surface area contributed by atoms with Gasteiger partial charge in [0.2, 0.25) is 11.8 Å². The van der Waals surface area contributed by atoms with Crippen molar-refractivity contribution in [3.8, 4) is 11.5 Å². The van der Waals surface area contributed by atoms with Crippen LogP contribution in [-0.2, 0) is 9.59 Å². The predicted octanol–water partition coefficient (Wildman–Crippen LogP) is 1.86. The van der Waals surface area contributed by atoms with Crippen molar-refractivity contribution in [3.05, 3.63) is 18.2 Å². The molecule has 2 fully saturated rings. The van der Waals surface area contributed by atoms with E-state index in [1.165, 1.54) is 0 Å². The Bertz CT molecular complexity index is 677. The number of halogens is 1. The first-order valence-corrected chi connectivity index (χ1v) is 9.10. The number of hydrogen-bond acceptors (Lipinski definition) is 5. The number of nitrogens with two attached hydrogens (primary N) is 1. The molecule has 1 atom stereocenters. The highest BCUT2D eigenvalue weighted by atomic mass is 35.5. The van der Waals surface area contributed by atoms with Crippen molar-refractivity contribution in [1.29, 1.82) is 0 Å². The molecule has 1 heterocycles. The summed E-state index contributed by atoms with van der Waals surface area (Å²) in [7, 11) is 3.13. The van der Waals surface area contributed by atoms with E-state index in [1.807, 2.05) is 0 Å². The van der Waals surface area contributed by atoms with E-state index in [4.69, 9.17) is 15.2 Å². The van der Waals surface area contributed by atoms with Crippen LogP contribution in [0.3, 0.4) is 0 Å². The summed E-state index contributed by atoms with van der Waals surface area (Å²) in [5.74, 6) is 0.750. The average Bonchev–Trinajstić information content (AvgIpc) is 3.04. The van der Waals surface area contributed by atoms with Gasteiger partial charge in [0, 0.05) is 31.1 Å². The first-order valence-electron chi connectivity index (χ1n) is 9.10. The number of rotatable bonds is 5. The zero-order valence-electron chi connectivity index (χ0n) is 15.8. The second-order valence-electron chi connectivity index (χ2n) is 7.06. The number of amides is 2. The highest BCUT2D eigenvalue weighted by molar-refractivity contribution is 6.01. The number of carbonyl (C=O) groups excluding carboxylic acids is 2. The van der Waals surface area contributed by atoms with Gasteiger partial charge in [-0.15, -0.1) is 12.4 Å². The minimum Gasteiger partial charge on any atom is -0.497 e. The van der Waals surface area contributed by atoms with E-state index < -0.39 is 0 Å². The molecule has 2 amide bonds. The maximum atomic E-state index is 12.6. The standard InChI is InChI=1S/C19H27N3O4.ClH/c1-25-15-7-8-16(17(10-15)26-2)22-11-12(9-18(22)23)19(24)21-14-5-3-13(20)4-6-14;/h7-8,10,12-14H,3-6,9,11,20H2,1-2H3,(H,21,24);1H. The van der Waals surface area contributed by atoms with Gasteiger partial charge in [0.1, 0.15) is 11.5 Å². The van der Waals surface area contributed by atoms with Crippen LogP contribution in [0.4, 0.5) is 5.69 Å². The summed E-state index contributed by atoms with van der Waals surface area (Å²) in [6.07, 6.45) is 3.90. The molecule has 1 aliphatic heterocycles. The number of carbonyl (C=O) groups is 2. The first-order chi connectivity index (χ1) is 12.5. The molecule has 8 heteroatoms. The lowest BCUT2D eigenvalue weighted by Crippen LogP contribution is -2.43. The van der Waals surface area contributed by atoms with Crippen molar-refractivity contribution in [2.45, 2.75) is 44.2 Å². The average molecular weight is 398 g/mol. The van der Waals surface area contributed by atoms with E-state index in [0.29, 0.717) is 23.7 Å². The molecule has 3 N–H and O–H groups in total. The third kappa shape index (κ3) is 4.84. The Labute approximate surface area is 166 Å². The van der Waals surface area contributed by atoms with Crippen molar-refractivity contribution in [2.75, 3.05) is 25.7 Å². The molecule has 2 aliphatic rings. The topological polar surface area (TPSA) is 93.9 Å². The Balaban J connectivity index is 0.00000261. The lowest BCUT2D eigenvalue weighted by atomic mass is 9.91. The molecule has 0 aromatic heterocycles. The normalized spacial score (nSPS) is 24.9. The fourth-order valence-electron chi connectivity index (χ4n) is 3.71. The molecule has 1 aliphatic carbocycles. The minimum atomic E-state index is -0.343. The SMILES string of the molecule is COc1ccc(N2CC(C(=O)NC3CCC(N)CC3)CC2=O)c(OC)c1.Cl. The highest BCUT2D eigenvalue weighted by Gasteiger charge is 2.37.